The summed E-state index contributed by atoms with van der Waals surface area (Å²) in [5, 5.41) is 0. The molecule has 0 saturated carbocycles. The molecule has 25 heavy (non-hydrogen) atoms. The highest BCUT2D eigenvalue weighted by atomic mass is 32.2. The Morgan fingerprint density at radius 1 is 1.12 bits per heavy atom. The molecule has 1 saturated heterocycles. The molecule has 0 N–H and O–H groups in total. The van der Waals surface area contributed by atoms with Gasteiger partial charge in [0.1, 0.15) is 31.9 Å². The maximum Gasteiger partial charge on any atom is 0.297 e. The van der Waals surface area contributed by atoms with E-state index in [2.05, 4.69) is 0 Å². The predicted molar refractivity (Wildman–Crippen MR) is 87.6 cm³/mol. The summed E-state index contributed by atoms with van der Waals surface area (Å²) in [6.07, 6.45) is -1.10. The van der Waals surface area contributed by atoms with Crippen LogP contribution in [0.3, 0.4) is 0 Å². The summed E-state index contributed by atoms with van der Waals surface area (Å²) < 4.78 is 55.3. The summed E-state index contributed by atoms with van der Waals surface area (Å²) in [6.45, 7) is 2.24. The average Bonchev–Trinajstić information content (AvgIpc) is 3.36. The molecule has 1 aliphatic rings. The molecule has 1 aromatic rings. The molecule has 0 aromatic heterocycles. The molecule has 1 aromatic carbocycles. The van der Waals surface area contributed by atoms with E-state index in [4.69, 9.17) is 27.9 Å². The monoisotopic (exact) mass is 376 g/mol. The van der Waals surface area contributed by atoms with Gasteiger partial charge in [0.05, 0.1) is 18.1 Å². The van der Waals surface area contributed by atoms with Crippen LogP contribution >= 0.6 is 0 Å². The Morgan fingerprint density at radius 2 is 1.80 bits per heavy atom. The summed E-state index contributed by atoms with van der Waals surface area (Å²) in [6, 6.07) is 6.46. The molecule has 0 aliphatic carbocycles. The zero-order valence-corrected chi connectivity index (χ0v) is 15.4. The summed E-state index contributed by atoms with van der Waals surface area (Å²) >= 11 is 0. The fourth-order valence-corrected chi connectivity index (χ4v) is 3.11. The van der Waals surface area contributed by atoms with Crippen LogP contribution in [0.25, 0.3) is 0 Å². The van der Waals surface area contributed by atoms with Gasteiger partial charge in [0, 0.05) is 14.2 Å². The second kappa shape index (κ2) is 9.58. The molecule has 0 amide bonds. The van der Waals surface area contributed by atoms with Crippen molar-refractivity contribution in [1.29, 1.82) is 0 Å². The average molecular weight is 376 g/mol. The third kappa shape index (κ3) is 6.30. The first-order chi connectivity index (χ1) is 12.0. The molecule has 0 spiro atoms. The second-order valence-corrected chi connectivity index (χ2v) is 7.20. The summed E-state index contributed by atoms with van der Waals surface area (Å²) in [5.74, 6) is 0. The topological polar surface area (TPSA) is 92.8 Å². The Kier molecular flexibility index (Phi) is 7.76. The van der Waals surface area contributed by atoms with E-state index in [0.29, 0.717) is 0 Å². The highest BCUT2D eigenvalue weighted by molar-refractivity contribution is 7.86. The van der Waals surface area contributed by atoms with Crippen LogP contribution in [0.5, 0.6) is 0 Å². The normalized spacial score (nSPS) is 21.2. The third-order valence-corrected chi connectivity index (χ3v) is 4.86. The smallest absolute Gasteiger partial charge is 0.297 e. The van der Waals surface area contributed by atoms with E-state index in [9.17, 15) is 8.42 Å². The van der Waals surface area contributed by atoms with Crippen molar-refractivity contribution in [3.05, 3.63) is 29.8 Å². The minimum absolute atomic E-state index is 0.0795. The van der Waals surface area contributed by atoms with Gasteiger partial charge in [-0.2, -0.15) is 8.42 Å². The van der Waals surface area contributed by atoms with Crippen molar-refractivity contribution in [3.8, 4) is 0 Å². The quantitative estimate of drug-likeness (QED) is 0.232. The lowest BCUT2D eigenvalue weighted by atomic mass is 10.2. The van der Waals surface area contributed by atoms with Crippen LogP contribution in [0.4, 0.5) is 0 Å². The lowest BCUT2D eigenvalue weighted by molar-refractivity contribution is -0.125. The van der Waals surface area contributed by atoms with E-state index >= 15 is 0 Å². The predicted octanol–water partition coefficient (Wildman–Crippen LogP) is 1.08. The van der Waals surface area contributed by atoms with E-state index in [-0.39, 0.29) is 43.9 Å². The molecule has 1 fully saturated rings. The van der Waals surface area contributed by atoms with Crippen LogP contribution in [0.1, 0.15) is 5.56 Å². The Balaban J connectivity index is 1.83. The maximum absolute atomic E-state index is 12.2. The number of rotatable bonds is 12. The van der Waals surface area contributed by atoms with Gasteiger partial charge in [-0.3, -0.25) is 4.18 Å². The van der Waals surface area contributed by atoms with Gasteiger partial charge in [-0.15, -0.1) is 0 Å². The fourth-order valence-electron chi connectivity index (χ4n) is 2.19. The van der Waals surface area contributed by atoms with Gasteiger partial charge in [-0.1, -0.05) is 17.7 Å². The number of benzene rings is 1. The van der Waals surface area contributed by atoms with E-state index < -0.39 is 16.2 Å². The van der Waals surface area contributed by atoms with Crippen LogP contribution in [0, 0.1) is 6.92 Å². The van der Waals surface area contributed by atoms with Crippen molar-refractivity contribution in [1.82, 2.24) is 0 Å². The molecule has 142 valence electrons. The van der Waals surface area contributed by atoms with E-state index in [1.165, 1.54) is 26.4 Å². The molecule has 8 nitrogen and oxygen atoms in total. The van der Waals surface area contributed by atoms with Crippen molar-refractivity contribution in [2.45, 2.75) is 30.1 Å². The molecule has 9 heteroatoms. The number of ether oxygens (including phenoxy) is 5. The summed E-state index contributed by atoms with van der Waals surface area (Å²) in [7, 11) is -0.787. The lowest BCUT2D eigenvalue weighted by Crippen LogP contribution is -2.29. The van der Waals surface area contributed by atoms with Crippen molar-refractivity contribution in [3.63, 3.8) is 0 Å². The standard InChI is InChI=1S/C16H24O8S/c1-12-4-6-13(7-5-12)25(17,18)23-9-15-16(24-15)14(22-11-20-3)8-21-10-19-2/h4-7,14-16H,8-11H2,1-3H3/t14-,15+,16-/m1/s1. The lowest BCUT2D eigenvalue weighted by Gasteiger charge is -2.15. The van der Waals surface area contributed by atoms with Crippen LogP contribution < -0.4 is 0 Å². The van der Waals surface area contributed by atoms with Crippen LogP contribution in [-0.2, 0) is 38.0 Å². The number of aryl methyl sites for hydroxylation is 1. The molecular formula is C16H24O8S. The Labute approximate surface area is 148 Å². The highest BCUT2D eigenvalue weighted by Crippen LogP contribution is 2.29. The zero-order valence-electron chi connectivity index (χ0n) is 14.5. The number of hydrogen-bond donors (Lipinski definition) is 0. The minimum atomic E-state index is -3.82. The van der Waals surface area contributed by atoms with Crippen LogP contribution in [-0.4, -0.2) is 67.7 Å². The second-order valence-electron chi connectivity index (χ2n) is 5.58. The largest absolute Gasteiger partial charge is 0.364 e. The summed E-state index contributed by atoms with van der Waals surface area (Å²) in [5.41, 5.74) is 0.971. The molecule has 1 aliphatic heterocycles. The molecule has 2 rings (SSSR count). The zero-order chi connectivity index (χ0) is 18.3. The number of epoxide rings is 1. The summed E-state index contributed by atoms with van der Waals surface area (Å²) in [4.78, 5) is 0.117. The van der Waals surface area contributed by atoms with E-state index in [1.54, 1.807) is 12.1 Å². The highest BCUT2D eigenvalue weighted by Gasteiger charge is 2.46. The van der Waals surface area contributed by atoms with Gasteiger partial charge in [0.2, 0.25) is 0 Å². The first kappa shape index (κ1) is 20.2. The fraction of sp³-hybridized carbons (Fsp3) is 0.625. The molecule has 1 heterocycles. The van der Waals surface area contributed by atoms with Crippen molar-refractivity contribution < 1.29 is 36.3 Å². The van der Waals surface area contributed by atoms with Gasteiger partial charge in [-0.25, -0.2) is 0 Å². The molecule has 0 unspecified atom stereocenters. The molecular weight excluding hydrogens is 352 g/mol. The molecule has 0 radical (unpaired) electrons. The SMILES string of the molecule is COCOC[C@@H](OCOC)[C@H]1O[C@H]1COS(=O)(=O)c1ccc(C)cc1. The van der Waals surface area contributed by atoms with E-state index in [1.807, 2.05) is 6.92 Å². The Hall–Kier alpha value is -1.07. The van der Waals surface area contributed by atoms with Gasteiger partial charge in [0.15, 0.2) is 0 Å². The van der Waals surface area contributed by atoms with Crippen LogP contribution in [0.2, 0.25) is 0 Å². The number of methoxy groups -OCH3 is 2. The Morgan fingerprint density at radius 3 is 2.44 bits per heavy atom. The molecule has 0 bridgehead atoms. The van der Waals surface area contributed by atoms with E-state index in [0.717, 1.165) is 5.56 Å². The van der Waals surface area contributed by atoms with Crippen molar-refractivity contribution in [2.24, 2.45) is 0 Å². The molecule has 3 atom stereocenters. The maximum atomic E-state index is 12.2. The Bertz CT molecular complexity index is 616. The minimum Gasteiger partial charge on any atom is -0.364 e. The first-order valence-corrected chi connectivity index (χ1v) is 9.17. The van der Waals surface area contributed by atoms with Gasteiger partial charge < -0.3 is 23.7 Å². The van der Waals surface area contributed by atoms with Crippen molar-refractivity contribution in [2.75, 3.05) is 41.0 Å². The first-order valence-electron chi connectivity index (χ1n) is 7.76. The van der Waals surface area contributed by atoms with Gasteiger partial charge in [-0.05, 0) is 19.1 Å². The van der Waals surface area contributed by atoms with Gasteiger partial charge in [0.25, 0.3) is 10.1 Å². The number of hydrogen-bond acceptors (Lipinski definition) is 8. The van der Waals surface area contributed by atoms with Crippen LogP contribution in [0.15, 0.2) is 29.2 Å². The van der Waals surface area contributed by atoms with Gasteiger partial charge >= 0.3 is 0 Å². The third-order valence-electron chi connectivity index (χ3n) is 3.57. The van der Waals surface area contributed by atoms with Crippen molar-refractivity contribution >= 4 is 10.1 Å².